The number of hydrogen-bond acceptors (Lipinski definition) is 4. The van der Waals surface area contributed by atoms with E-state index in [1.54, 1.807) is 25.7 Å². The van der Waals surface area contributed by atoms with Crippen LogP contribution >= 0.6 is 0 Å². The van der Waals surface area contributed by atoms with Gasteiger partial charge in [-0.05, 0) is 0 Å². The first kappa shape index (κ1) is 7.94. The molecule has 0 aliphatic carbocycles. The lowest BCUT2D eigenvalue weighted by molar-refractivity contribution is 0.143. The van der Waals surface area contributed by atoms with Crippen LogP contribution in [0, 0.1) is 0 Å². The highest BCUT2D eigenvalue weighted by Gasteiger charge is 1.91. The van der Waals surface area contributed by atoms with Gasteiger partial charge in [0, 0.05) is 19.5 Å². The van der Waals surface area contributed by atoms with Crippen LogP contribution in [0.25, 0.3) is 0 Å². The molecule has 0 atom stereocenters. The first-order valence-corrected chi connectivity index (χ1v) is 3.31. The first-order chi connectivity index (χ1) is 5.43. The van der Waals surface area contributed by atoms with Gasteiger partial charge in [-0.2, -0.15) is 0 Å². The molecule has 0 unspecified atom stereocenters. The quantitative estimate of drug-likeness (QED) is 0.592. The van der Waals surface area contributed by atoms with Gasteiger partial charge in [-0.25, -0.2) is 4.98 Å². The molecule has 11 heavy (non-hydrogen) atoms. The molecule has 0 saturated heterocycles. The zero-order chi connectivity index (χ0) is 7.94. The normalized spacial score (nSPS) is 9.55. The van der Waals surface area contributed by atoms with Crippen molar-refractivity contribution in [2.75, 3.05) is 20.3 Å². The minimum absolute atomic E-state index is 0.509. The Labute approximate surface area is 65.2 Å². The Morgan fingerprint density at radius 2 is 2.27 bits per heavy atom. The highest BCUT2D eigenvalue weighted by molar-refractivity contribution is 5.00. The summed E-state index contributed by atoms with van der Waals surface area (Å²) in [5.41, 5.74) is 0. The third-order valence-electron chi connectivity index (χ3n) is 1.08. The molecule has 0 aliphatic rings. The van der Waals surface area contributed by atoms with E-state index in [2.05, 4.69) is 9.97 Å². The predicted molar refractivity (Wildman–Crippen MR) is 39.4 cm³/mol. The number of aromatic nitrogens is 2. The molecule has 0 radical (unpaired) electrons. The number of hydrogen-bond donors (Lipinski definition) is 0. The van der Waals surface area contributed by atoms with E-state index >= 15 is 0 Å². The Bertz CT molecular complexity index is 191. The van der Waals surface area contributed by atoms with E-state index < -0.39 is 0 Å². The summed E-state index contributed by atoms with van der Waals surface area (Å²) < 4.78 is 9.94. The highest BCUT2D eigenvalue weighted by Crippen LogP contribution is 1.99. The fourth-order valence-corrected chi connectivity index (χ4v) is 0.590. The molecule has 4 nitrogen and oxygen atoms in total. The summed E-state index contributed by atoms with van der Waals surface area (Å²) >= 11 is 0. The maximum atomic E-state index is 5.15. The van der Waals surface area contributed by atoms with E-state index in [-0.39, 0.29) is 0 Å². The fraction of sp³-hybridized carbons (Fsp3) is 0.429. The lowest BCUT2D eigenvalue weighted by atomic mass is 10.7. The SMILES string of the molecule is COCCOc1cnccn1. The molecule has 0 amide bonds. The van der Waals surface area contributed by atoms with E-state index in [0.29, 0.717) is 19.1 Å². The van der Waals surface area contributed by atoms with Crippen LogP contribution in [-0.2, 0) is 4.74 Å². The molecule has 0 aliphatic heterocycles. The summed E-state index contributed by atoms with van der Waals surface area (Å²) in [7, 11) is 1.63. The Balaban J connectivity index is 2.28. The molecular formula is C7H10N2O2. The van der Waals surface area contributed by atoms with E-state index in [9.17, 15) is 0 Å². The van der Waals surface area contributed by atoms with Gasteiger partial charge < -0.3 is 9.47 Å². The summed E-state index contributed by atoms with van der Waals surface area (Å²) in [4.78, 5) is 7.75. The molecule has 1 heterocycles. The van der Waals surface area contributed by atoms with Gasteiger partial charge in [-0.15, -0.1) is 0 Å². The molecule has 60 valence electrons. The maximum Gasteiger partial charge on any atom is 0.232 e. The molecule has 0 fully saturated rings. The van der Waals surface area contributed by atoms with Crippen LogP contribution < -0.4 is 4.74 Å². The van der Waals surface area contributed by atoms with Crippen molar-refractivity contribution in [2.45, 2.75) is 0 Å². The molecule has 1 rings (SSSR count). The van der Waals surface area contributed by atoms with Crippen LogP contribution in [0.4, 0.5) is 0 Å². The molecular weight excluding hydrogens is 144 g/mol. The van der Waals surface area contributed by atoms with Crippen LogP contribution in [0.1, 0.15) is 0 Å². The maximum absolute atomic E-state index is 5.15. The van der Waals surface area contributed by atoms with Gasteiger partial charge in [-0.1, -0.05) is 0 Å². The summed E-state index contributed by atoms with van der Waals surface area (Å²) in [5, 5.41) is 0. The van der Waals surface area contributed by atoms with Crippen molar-refractivity contribution in [3.8, 4) is 5.88 Å². The molecule has 0 aromatic carbocycles. The van der Waals surface area contributed by atoms with Crippen molar-refractivity contribution in [1.82, 2.24) is 9.97 Å². The van der Waals surface area contributed by atoms with Crippen LogP contribution in [-0.4, -0.2) is 30.3 Å². The van der Waals surface area contributed by atoms with Gasteiger partial charge in [0.25, 0.3) is 0 Å². The number of methoxy groups -OCH3 is 1. The number of rotatable bonds is 4. The largest absolute Gasteiger partial charge is 0.474 e. The lowest BCUT2D eigenvalue weighted by Gasteiger charge is -2.01. The topological polar surface area (TPSA) is 44.2 Å². The fourth-order valence-electron chi connectivity index (χ4n) is 0.590. The lowest BCUT2D eigenvalue weighted by Crippen LogP contribution is -2.05. The Morgan fingerprint density at radius 3 is 2.91 bits per heavy atom. The average molecular weight is 154 g/mol. The van der Waals surface area contributed by atoms with Gasteiger partial charge in [-0.3, -0.25) is 4.98 Å². The van der Waals surface area contributed by atoms with E-state index in [1.807, 2.05) is 0 Å². The molecule has 1 aromatic heterocycles. The number of ether oxygens (including phenoxy) is 2. The van der Waals surface area contributed by atoms with Crippen molar-refractivity contribution in [2.24, 2.45) is 0 Å². The van der Waals surface area contributed by atoms with Crippen molar-refractivity contribution in [3.63, 3.8) is 0 Å². The molecule has 0 bridgehead atoms. The van der Waals surface area contributed by atoms with Gasteiger partial charge in [0.15, 0.2) is 0 Å². The Kier molecular flexibility index (Phi) is 3.34. The zero-order valence-corrected chi connectivity index (χ0v) is 6.36. The second kappa shape index (κ2) is 4.62. The summed E-state index contributed by atoms with van der Waals surface area (Å²) in [5.74, 6) is 0.532. The zero-order valence-electron chi connectivity index (χ0n) is 6.36. The van der Waals surface area contributed by atoms with Crippen molar-refractivity contribution >= 4 is 0 Å². The van der Waals surface area contributed by atoms with Crippen molar-refractivity contribution in [3.05, 3.63) is 18.6 Å². The minimum Gasteiger partial charge on any atom is -0.474 e. The van der Waals surface area contributed by atoms with Crippen LogP contribution in [0.5, 0.6) is 5.88 Å². The van der Waals surface area contributed by atoms with Crippen LogP contribution in [0.3, 0.4) is 0 Å². The standard InChI is InChI=1S/C7H10N2O2/c1-10-4-5-11-7-6-8-2-3-9-7/h2-3,6H,4-5H2,1H3. The van der Waals surface area contributed by atoms with Crippen molar-refractivity contribution < 1.29 is 9.47 Å². The second-order valence-corrected chi connectivity index (χ2v) is 1.88. The van der Waals surface area contributed by atoms with Crippen LogP contribution in [0.2, 0.25) is 0 Å². The Morgan fingerprint density at radius 1 is 1.36 bits per heavy atom. The van der Waals surface area contributed by atoms with Gasteiger partial charge >= 0.3 is 0 Å². The smallest absolute Gasteiger partial charge is 0.232 e. The summed E-state index contributed by atoms with van der Waals surface area (Å²) in [6.07, 6.45) is 4.75. The summed E-state index contributed by atoms with van der Waals surface area (Å²) in [6.45, 7) is 1.08. The second-order valence-electron chi connectivity index (χ2n) is 1.88. The van der Waals surface area contributed by atoms with Crippen molar-refractivity contribution in [1.29, 1.82) is 0 Å². The van der Waals surface area contributed by atoms with Gasteiger partial charge in [0.2, 0.25) is 5.88 Å². The predicted octanol–water partition coefficient (Wildman–Crippen LogP) is 0.502. The third-order valence-corrected chi connectivity index (χ3v) is 1.08. The molecule has 4 heteroatoms. The highest BCUT2D eigenvalue weighted by atomic mass is 16.5. The number of nitrogens with zero attached hydrogens (tertiary/aromatic N) is 2. The van der Waals surface area contributed by atoms with E-state index in [1.165, 1.54) is 0 Å². The Hall–Kier alpha value is -1.16. The van der Waals surface area contributed by atoms with Gasteiger partial charge in [0.05, 0.1) is 12.8 Å². The average Bonchev–Trinajstić information content (AvgIpc) is 2.07. The first-order valence-electron chi connectivity index (χ1n) is 3.31. The van der Waals surface area contributed by atoms with E-state index in [4.69, 9.17) is 9.47 Å². The minimum atomic E-state index is 0.509. The van der Waals surface area contributed by atoms with Gasteiger partial charge in [0.1, 0.15) is 6.61 Å². The molecule has 0 spiro atoms. The monoisotopic (exact) mass is 154 g/mol. The molecule has 0 N–H and O–H groups in total. The summed E-state index contributed by atoms with van der Waals surface area (Å²) in [6, 6.07) is 0. The third kappa shape index (κ3) is 2.95. The molecule has 0 saturated carbocycles. The molecule has 1 aromatic rings. The van der Waals surface area contributed by atoms with E-state index in [0.717, 1.165) is 0 Å². The van der Waals surface area contributed by atoms with Crippen LogP contribution in [0.15, 0.2) is 18.6 Å².